The number of rotatable bonds is 5. The van der Waals surface area contributed by atoms with Gasteiger partial charge in [0, 0.05) is 22.4 Å². The molecule has 0 amide bonds. The van der Waals surface area contributed by atoms with Crippen LogP contribution in [-0.4, -0.2) is 0 Å². The standard InChI is InChI=1S/C46H39N/c1-3-10-33(11-4-1)35-18-22-39(23-19-35)47(40-24-20-36(21-25-40)34-12-5-2-6-13-34)44-17-9-16-43-45(44)41-14-7-8-15-42(41)46(43)37-27-31-26-32(29-37)30-38(46)28-31/h1-25,31-32,37-38H,26-30H2/t31-,32?,37-,38-,46?/m1/s1. The van der Waals surface area contributed by atoms with E-state index in [9.17, 15) is 0 Å². The molecule has 4 saturated carbocycles. The van der Waals surface area contributed by atoms with Crippen LogP contribution in [-0.2, 0) is 5.41 Å². The van der Waals surface area contributed by atoms with Gasteiger partial charge >= 0.3 is 0 Å². The molecule has 0 unspecified atom stereocenters. The highest BCUT2D eigenvalue weighted by Crippen LogP contribution is 2.70. The van der Waals surface area contributed by atoms with E-state index in [0.717, 1.165) is 23.7 Å². The summed E-state index contributed by atoms with van der Waals surface area (Å²) in [5.41, 5.74) is 14.9. The highest BCUT2D eigenvalue weighted by atomic mass is 15.1. The lowest BCUT2D eigenvalue weighted by Gasteiger charge is -2.61. The van der Waals surface area contributed by atoms with Gasteiger partial charge in [-0.1, -0.05) is 121 Å². The molecule has 228 valence electrons. The van der Waals surface area contributed by atoms with E-state index in [-0.39, 0.29) is 5.41 Å². The third kappa shape index (κ3) is 4.08. The summed E-state index contributed by atoms with van der Waals surface area (Å²) < 4.78 is 0. The van der Waals surface area contributed by atoms with E-state index in [1.54, 1.807) is 11.1 Å². The SMILES string of the molecule is c1ccc(-c2ccc(N(c3ccc(-c4ccccc4)cc3)c3cccc4c3-c3ccccc3C43[C@H]4CC5C[C@H](C4)C[C@@H]3C5)cc2)cc1. The first kappa shape index (κ1) is 27.3. The van der Waals surface area contributed by atoms with Gasteiger partial charge in [0.05, 0.1) is 5.69 Å². The van der Waals surface area contributed by atoms with Gasteiger partial charge in [0.15, 0.2) is 0 Å². The van der Waals surface area contributed by atoms with E-state index in [1.165, 1.54) is 82.5 Å². The number of benzene rings is 6. The Kier molecular flexibility index (Phi) is 6.13. The molecule has 0 aromatic heterocycles. The van der Waals surface area contributed by atoms with Crippen molar-refractivity contribution in [3.63, 3.8) is 0 Å². The molecule has 1 heteroatoms. The average Bonchev–Trinajstić information content (AvgIpc) is 3.43. The molecule has 0 atom stereocenters. The van der Waals surface area contributed by atoms with Crippen LogP contribution in [0.1, 0.15) is 43.2 Å². The van der Waals surface area contributed by atoms with E-state index >= 15 is 0 Å². The highest BCUT2D eigenvalue weighted by molar-refractivity contribution is 5.95. The first-order chi connectivity index (χ1) is 23.3. The maximum Gasteiger partial charge on any atom is 0.0543 e. The van der Waals surface area contributed by atoms with Gasteiger partial charge in [-0.3, -0.25) is 0 Å². The fourth-order valence-corrected chi connectivity index (χ4v) is 10.7. The lowest BCUT2D eigenvalue weighted by atomic mass is 9.43. The summed E-state index contributed by atoms with van der Waals surface area (Å²) in [5.74, 6) is 3.37. The largest absolute Gasteiger partial charge is 0.310 e. The minimum atomic E-state index is 0.148. The first-order valence-electron chi connectivity index (χ1n) is 17.6. The predicted octanol–water partition coefficient (Wildman–Crippen LogP) is 12.2. The molecule has 0 heterocycles. The molecule has 47 heavy (non-hydrogen) atoms. The number of anilines is 3. The molecule has 0 aliphatic heterocycles. The summed E-state index contributed by atoms with van der Waals surface area (Å²) in [6.45, 7) is 0. The molecule has 0 radical (unpaired) electrons. The zero-order valence-electron chi connectivity index (χ0n) is 26.7. The van der Waals surface area contributed by atoms with E-state index in [2.05, 4.69) is 157 Å². The average molecular weight is 606 g/mol. The minimum absolute atomic E-state index is 0.148. The van der Waals surface area contributed by atoms with Crippen LogP contribution in [0.4, 0.5) is 17.1 Å². The molecule has 5 aliphatic carbocycles. The highest BCUT2D eigenvalue weighted by Gasteiger charge is 2.61. The number of nitrogens with zero attached hydrogens (tertiary/aromatic N) is 1. The number of fused-ring (bicyclic) bond motifs is 3. The summed E-state index contributed by atoms with van der Waals surface area (Å²) in [6, 6.07) is 56.5. The fraction of sp³-hybridized carbons (Fsp3) is 0.217. The normalized spacial score (nSPS) is 24.7. The van der Waals surface area contributed by atoms with E-state index in [1.807, 2.05) is 0 Å². The van der Waals surface area contributed by atoms with Crippen molar-refractivity contribution in [1.82, 2.24) is 0 Å². The quantitative estimate of drug-likeness (QED) is 0.189. The summed E-state index contributed by atoms with van der Waals surface area (Å²) in [7, 11) is 0. The molecule has 1 nitrogen and oxygen atoms in total. The molecule has 6 aromatic rings. The molecule has 0 saturated heterocycles. The molecule has 0 N–H and O–H groups in total. The summed E-state index contributed by atoms with van der Waals surface area (Å²) >= 11 is 0. The number of hydrogen-bond acceptors (Lipinski definition) is 1. The Bertz CT molecular complexity index is 1960. The Morgan fingerprint density at radius 1 is 0.404 bits per heavy atom. The summed E-state index contributed by atoms with van der Waals surface area (Å²) in [6.07, 6.45) is 7.07. The first-order valence-corrected chi connectivity index (χ1v) is 17.6. The van der Waals surface area contributed by atoms with Crippen LogP contribution in [0, 0.1) is 23.7 Å². The van der Waals surface area contributed by atoms with Crippen LogP contribution in [0.15, 0.2) is 152 Å². The Hall–Kier alpha value is -4.88. The molecular formula is C46H39N. The minimum Gasteiger partial charge on any atom is -0.310 e. The van der Waals surface area contributed by atoms with Gasteiger partial charge in [0.25, 0.3) is 0 Å². The van der Waals surface area contributed by atoms with Crippen molar-refractivity contribution in [1.29, 1.82) is 0 Å². The second kappa shape index (κ2) is 10.6. The van der Waals surface area contributed by atoms with Crippen molar-refractivity contribution in [2.45, 2.75) is 37.5 Å². The second-order valence-electron chi connectivity index (χ2n) is 14.6. The zero-order chi connectivity index (χ0) is 31.0. The number of hydrogen-bond donors (Lipinski definition) is 0. The molecule has 4 fully saturated rings. The maximum atomic E-state index is 2.52. The monoisotopic (exact) mass is 605 g/mol. The van der Waals surface area contributed by atoms with Gasteiger partial charge < -0.3 is 4.90 Å². The van der Waals surface area contributed by atoms with Crippen molar-refractivity contribution in [2.75, 3.05) is 4.90 Å². The van der Waals surface area contributed by atoms with Crippen LogP contribution in [0.5, 0.6) is 0 Å². The van der Waals surface area contributed by atoms with Gasteiger partial charge in [-0.2, -0.15) is 0 Å². The lowest BCUT2D eigenvalue weighted by Crippen LogP contribution is -2.55. The summed E-state index contributed by atoms with van der Waals surface area (Å²) in [5, 5.41) is 0. The van der Waals surface area contributed by atoms with Gasteiger partial charge in [-0.15, -0.1) is 0 Å². The smallest absolute Gasteiger partial charge is 0.0543 e. The van der Waals surface area contributed by atoms with Crippen LogP contribution >= 0.6 is 0 Å². The lowest BCUT2D eigenvalue weighted by molar-refractivity contribution is -0.0399. The Balaban J connectivity index is 1.16. The van der Waals surface area contributed by atoms with E-state index < -0.39 is 0 Å². The third-order valence-corrected chi connectivity index (χ3v) is 12.3. The van der Waals surface area contributed by atoms with Crippen molar-refractivity contribution in [2.24, 2.45) is 23.7 Å². The zero-order valence-corrected chi connectivity index (χ0v) is 26.7. The third-order valence-electron chi connectivity index (χ3n) is 12.3. The molecule has 4 bridgehead atoms. The topological polar surface area (TPSA) is 3.24 Å². The van der Waals surface area contributed by atoms with Crippen molar-refractivity contribution >= 4 is 17.1 Å². The van der Waals surface area contributed by atoms with Crippen molar-refractivity contribution in [3.05, 3.63) is 163 Å². The predicted molar refractivity (Wildman–Crippen MR) is 195 cm³/mol. The van der Waals surface area contributed by atoms with Crippen LogP contribution in [0.3, 0.4) is 0 Å². The Morgan fingerprint density at radius 3 is 1.43 bits per heavy atom. The van der Waals surface area contributed by atoms with Gasteiger partial charge in [-0.05, 0) is 125 Å². The molecule has 6 aromatic carbocycles. The maximum absolute atomic E-state index is 2.52. The van der Waals surface area contributed by atoms with Gasteiger partial charge in [0.1, 0.15) is 0 Å². The van der Waals surface area contributed by atoms with Crippen LogP contribution < -0.4 is 4.90 Å². The van der Waals surface area contributed by atoms with E-state index in [0.29, 0.717) is 0 Å². The summed E-state index contributed by atoms with van der Waals surface area (Å²) in [4.78, 5) is 2.52. The molecule has 11 rings (SSSR count). The Morgan fingerprint density at radius 2 is 0.872 bits per heavy atom. The molecule has 1 spiro atoms. The van der Waals surface area contributed by atoms with Crippen molar-refractivity contribution in [3.8, 4) is 33.4 Å². The van der Waals surface area contributed by atoms with E-state index in [4.69, 9.17) is 0 Å². The fourth-order valence-electron chi connectivity index (χ4n) is 10.7. The van der Waals surface area contributed by atoms with Crippen LogP contribution in [0.25, 0.3) is 33.4 Å². The van der Waals surface area contributed by atoms with Crippen molar-refractivity contribution < 1.29 is 0 Å². The van der Waals surface area contributed by atoms with Gasteiger partial charge in [0.2, 0.25) is 0 Å². The molecular weight excluding hydrogens is 567 g/mol. The molecule has 5 aliphatic rings. The second-order valence-corrected chi connectivity index (χ2v) is 14.6. The Labute approximate surface area is 278 Å². The van der Waals surface area contributed by atoms with Gasteiger partial charge in [-0.25, -0.2) is 0 Å². The van der Waals surface area contributed by atoms with Crippen LogP contribution in [0.2, 0.25) is 0 Å².